The van der Waals surface area contributed by atoms with Crippen molar-refractivity contribution in [1.82, 2.24) is 4.90 Å². The number of hydrogen-bond donors (Lipinski definition) is 1. The quantitative estimate of drug-likeness (QED) is 0.905. The molecule has 21 heavy (non-hydrogen) atoms. The highest BCUT2D eigenvalue weighted by Crippen LogP contribution is 2.29. The van der Waals surface area contributed by atoms with Gasteiger partial charge in [0.05, 0.1) is 6.42 Å². The summed E-state index contributed by atoms with van der Waals surface area (Å²) in [5.74, 6) is -0.472. The number of rotatable bonds is 5. The van der Waals surface area contributed by atoms with Crippen LogP contribution in [0.5, 0.6) is 0 Å². The third-order valence-electron chi connectivity index (χ3n) is 4.31. The third kappa shape index (κ3) is 4.06. The second kappa shape index (κ2) is 7.25. The molecule has 0 aromatic heterocycles. The van der Waals surface area contributed by atoms with Crippen LogP contribution in [0.1, 0.15) is 49.4 Å². The Morgan fingerprint density at radius 3 is 2.48 bits per heavy atom. The Bertz CT molecular complexity index is 486. The van der Waals surface area contributed by atoms with Gasteiger partial charge in [-0.15, -0.1) is 0 Å². The van der Waals surface area contributed by atoms with Crippen molar-refractivity contribution in [3.8, 4) is 0 Å². The molecule has 0 aliphatic heterocycles. The van der Waals surface area contributed by atoms with Crippen LogP contribution in [0.25, 0.3) is 0 Å². The normalized spacial score (nSPS) is 21.8. The molecule has 0 spiro atoms. The molecule has 0 heterocycles. The van der Waals surface area contributed by atoms with Crippen molar-refractivity contribution < 1.29 is 14.7 Å². The molecule has 4 heteroatoms. The summed E-state index contributed by atoms with van der Waals surface area (Å²) in [5.41, 5.74) is 0.640. The van der Waals surface area contributed by atoms with E-state index >= 15 is 0 Å². The summed E-state index contributed by atoms with van der Waals surface area (Å²) in [6.45, 7) is 2.45. The van der Waals surface area contributed by atoms with Crippen molar-refractivity contribution >= 4 is 11.9 Å². The molecule has 1 saturated carbocycles. The zero-order valence-electron chi connectivity index (χ0n) is 12.5. The fraction of sp³-hybridized carbons (Fsp3) is 0.529. The Kier molecular flexibility index (Phi) is 5.37. The summed E-state index contributed by atoms with van der Waals surface area (Å²) in [7, 11) is 0. The molecule has 2 unspecified atom stereocenters. The highest BCUT2D eigenvalue weighted by molar-refractivity contribution is 5.94. The number of amides is 1. The number of carboxylic acids is 1. The van der Waals surface area contributed by atoms with Crippen molar-refractivity contribution in [2.75, 3.05) is 6.54 Å². The van der Waals surface area contributed by atoms with E-state index in [4.69, 9.17) is 5.11 Å². The molecule has 0 radical (unpaired) electrons. The minimum atomic E-state index is -0.857. The lowest BCUT2D eigenvalue weighted by atomic mass is 9.84. The molecule has 1 aromatic rings. The summed E-state index contributed by atoms with van der Waals surface area (Å²) >= 11 is 0. The van der Waals surface area contributed by atoms with E-state index < -0.39 is 5.97 Å². The molecular weight excluding hydrogens is 266 g/mol. The highest BCUT2D eigenvalue weighted by Gasteiger charge is 2.31. The zero-order chi connectivity index (χ0) is 15.2. The lowest BCUT2D eigenvalue weighted by Crippen LogP contribution is -2.46. The van der Waals surface area contributed by atoms with Gasteiger partial charge in [-0.05, 0) is 30.9 Å². The number of carbonyl (C=O) groups is 2. The Morgan fingerprint density at radius 1 is 1.19 bits per heavy atom. The van der Waals surface area contributed by atoms with Crippen molar-refractivity contribution in [3.63, 3.8) is 0 Å². The summed E-state index contributed by atoms with van der Waals surface area (Å²) in [5, 5.41) is 8.94. The van der Waals surface area contributed by atoms with E-state index in [0.717, 1.165) is 19.3 Å². The predicted molar refractivity (Wildman–Crippen MR) is 81.2 cm³/mol. The van der Waals surface area contributed by atoms with Crippen LogP contribution in [0.2, 0.25) is 0 Å². The van der Waals surface area contributed by atoms with Gasteiger partial charge in [-0.1, -0.05) is 38.0 Å². The maximum Gasteiger partial charge on any atom is 0.305 e. The number of carbonyl (C=O) groups excluding carboxylic acids is 1. The molecule has 0 bridgehead atoms. The topological polar surface area (TPSA) is 57.6 Å². The van der Waals surface area contributed by atoms with Gasteiger partial charge in [0.25, 0.3) is 5.91 Å². The zero-order valence-corrected chi connectivity index (χ0v) is 12.5. The molecular formula is C17H23NO3. The molecule has 1 amide bonds. The van der Waals surface area contributed by atoms with E-state index in [-0.39, 0.29) is 24.9 Å². The number of nitrogens with zero attached hydrogens (tertiary/aromatic N) is 1. The number of benzene rings is 1. The first-order valence-electron chi connectivity index (χ1n) is 7.67. The van der Waals surface area contributed by atoms with E-state index in [1.165, 1.54) is 6.42 Å². The Hall–Kier alpha value is -1.84. The molecule has 1 aliphatic carbocycles. The predicted octanol–water partition coefficient (Wildman–Crippen LogP) is 3.18. The standard InChI is InChI=1S/C17H23NO3/c1-13-7-5-6-10-15(13)18(12-11-16(19)20)17(21)14-8-3-2-4-9-14/h2-4,8-9,13,15H,5-7,10-12H2,1H3,(H,19,20). The van der Waals surface area contributed by atoms with Gasteiger partial charge >= 0.3 is 5.97 Å². The Balaban J connectivity index is 2.18. The number of aliphatic carboxylic acids is 1. The summed E-state index contributed by atoms with van der Waals surface area (Å²) in [6.07, 6.45) is 4.39. The third-order valence-corrected chi connectivity index (χ3v) is 4.31. The second-order valence-corrected chi connectivity index (χ2v) is 5.84. The van der Waals surface area contributed by atoms with Crippen LogP contribution in [0.15, 0.2) is 30.3 Å². The first-order chi connectivity index (χ1) is 10.1. The molecule has 1 aromatic carbocycles. The van der Waals surface area contributed by atoms with Crippen molar-refractivity contribution in [3.05, 3.63) is 35.9 Å². The fourth-order valence-electron chi connectivity index (χ4n) is 3.14. The van der Waals surface area contributed by atoms with Crippen LogP contribution in [-0.4, -0.2) is 34.5 Å². The maximum atomic E-state index is 12.7. The average Bonchev–Trinajstić information content (AvgIpc) is 2.49. The van der Waals surface area contributed by atoms with E-state index in [9.17, 15) is 9.59 Å². The smallest absolute Gasteiger partial charge is 0.305 e. The van der Waals surface area contributed by atoms with Gasteiger partial charge in [-0.25, -0.2) is 0 Å². The molecule has 4 nitrogen and oxygen atoms in total. The molecule has 2 rings (SSSR count). The minimum absolute atomic E-state index is 0.00178. The Morgan fingerprint density at radius 2 is 1.86 bits per heavy atom. The van der Waals surface area contributed by atoms with Crippen molar-refractivity contribution in [2.24, 2.45) is 5.92 Å². The van der Waals surface area contributed by atoms with Crippen molar-refractivity contribution in [1.29, 1.82) is 0 Å². The van der Waals surface area contributed by atoms with E-state index in [1.807, 2.05) is 18.2 Å². The van der Waals surface area contributed by atoms with Crippen molar-refractivity contribution in [2.45, 2.75) is 45.1 Å². The number of hydrogen-bond acceptors (Lipinski definition) is 2. The van der Waals surface area contributed by atoms with Crippen LogP contribution in [0.4, 0.5) is 0 Å². The second-order valence-electron chi connectivity index (χ2n) is 5.84. The van der Waals surface area contributed by atoms with Gasteiger partial charge in [-0.3, -0.25) is 9.59 Å². The summed E-state index contributed by atoms with van der Waals surface area (Å²) in [4.78, 5) is 25.4. The monoisotopic (exact) mass is 289 g/mol. The van der Waals surface area contributed by atoms with E-state index in [1.54, 1.807) is 17.0 Å². The lowest BCUT2D eigenvalue weighted by Gasteiger charge is -2.38. The molecule has 1 aliphatic rings. The van der Waals surface area contributed by atoms with Crippen LogP contribution in [-0.2, 0) is 4.79 Å². The van der Waals surface area contributed by atoms with Crippen LogP contribution in [0.3, 0.4) is 0 Å². The molecule has 1 N–H and O–H groups in total. The minimum Gasteiger partial charge on any atom is -0.481 e. The summed E-state index contributed by atoms with van der Waals surface area (Å²) in [6, 6.07) is 9.31. The maximum absolute atomic E-state index is 12.7. The van der Waals surface area contributed by atoms with Gasteiger partial charge in [-0.2, -0.15) is 0 Å². The highest BCUT2D eigenvalue weighted by atomic mass is 16.4. The first-order valence-corrected chi connectivity index (χ1v) is 7.67. The largest absolute Gasteiger partial charge is 0.481 e. The SMILES string of the molecule is CC1CCCCC1N(CCC(=O)O)C(=O)c1ccccc1. The molecule has 114 valence electrons. The molecule has 2 atom stereocenters. The average molecular weight is 289 g/mol. The van der Waals surface area contributed by atoms with Gasteiger partial charge in [0, 0.05) is 18.2 Å². The fourth-order valence-corrected chi connectivity index (χ4v) is 3.14. The van der Waals surface area contributed by atoms with Crippen LogP contribution < -0.4 is 0 Å². The van der Waals surface area contributed by atoms with Gasteiger partial charge in [0.2, 0.25) is 0 Å². The van der Waals surface area contributed by atoms with E-state index in [2.05, 4.69) is 6.92 Å². The first kappa shape index (κ1) is 15.5. The van der Waals surface area contributed by atoms with Crippen LogP contribution >= 0.6 is 0 Å². The molecule has 1 fully saturated rings. The van der Waals surface area contributed by atoms with Gasteiger partial charge < -0.3 is 10.0 Å². The summed E-state index contributed by atoms with van der Waals surface area (Å²) < 4.78 is 0. The van der Waals surface area contributed by atoms with Crippen LogP contribution in [0, 0.1) is 5.92 Å². The number of carboxylic acid groups (broad SMARTS) is 1. The van der Waals surface area contributed by atoms with Gasteiger partial charge in [0.1, 0.15) is 0 Å². The van der Waals surface area contributed by atoms with E-state index in [0.29, 0.717) is 11.5 Å². The lowest BCUT2D eigenvalue weighted by molar-refractivity contribution is -0.137. The molecule has 0 saturated heterocycles. The van der Waals surface area contributed by atoms with Gasteiger partial charge in [0.15, 0.2) is 0 Å². The Labute approximate surface area is 125 Å².